The van der Waals surface area contributed by atoms with Crippen molar-refractivity contribution in [1.29, 1.82) is 0 Å². The van der Waals surface area contributed by atoms with E-state index < -0.39 is 0 Å². The third kappa shape index (κ3) is 4.08. The van der Waals surface area contributed by atoms with Crippen molar-refractivity contribution in [2.45, 2.75) is 26.8 Å². The molecule has 5 heteroatoms. The van der Waals surface area contributed by atoms with Crippen molar-refractivity contribution in [3.05, 3.63) is 42.2 Å². The van der Waals surface area contributed by atoms with Crippen LogP contribution in [0.1, 0.15) is 32.4 Å². The predicted molar refractivity (Wildman–Crippen MR) is 85.2 cm³/mol. The zero-order chi connectivity index (χ0) is 15.4. The number of rotatable bonds is 5. The molecule has 1 unspecified atom stereocenters. The first-order valence-electron chi connectivity index (χ1n) is 7.11. The molecule has 1 aromatic heterocycles. The average Bonchev–Trinajstić information content (AvgIpc) is 2.86. The lowest BCUT2D eigenvalue weighted by Gasteiger charge is -2.15. The molecule has 0 bridgehead atoms. The number of amides is 1. The fraction of sp³-hybridized carbons (Fsp3) is 0.375. The van der Waals surface area contributed by atoms with Crippen LogP contribution in [0.4, 0.5) is 11.4 Å². The van der Waals surface area contributed by atoms with Gasteiger partial charge < -0.3 is 10.6 Å². The molecule has 0 aliphatic heterocycles. The molecular formula is C16H22N4O. The molecule has 0 aliphatic rings. The first kappa shape index (κ1) is 15.1. The summed E-state index contributed by atoms with van der Waals surface area (Å²) >= 11 is 0. The fourth-order valence-electron chi connectivity index (χ4n) is 1.97. The number of carbonyl (C=O) groups excluding carboxylic acids is 1. The van der Waals surface area contributed by atoms with Crippen molar-refractivity contribution in [2.75, 3.05) is 10.6 Å². The topological polar surface area (TPSA) is 59.0 Å². The third-order valence-electron chi connectivity index (χ3n) is 3.26. The third-order valence-corrected chi connectivity index (χ3v) is 3.26. The van der Waals surface area contributed by atoms with Gasteiger partial charge in [-0.15, -0.1) is 0 Å². The first-order valence-corrected chi connectivity index (χ1v) is 7.11. The van der Waals surface area contributed by atoms with E-state index in [-0.39, 0.29) is 17.9 Å². The molecule has 2 N–H and O–H groups in total. The Labute approximate surface area is 125 Å². The summed E-state index contributed by atoms with van der Waals surface area (Å²) in [5.74, 6) is -0.0108. The van der Waals surface area contributed by atoms with Crippen LogP contribution < -0.4 is 10.6 Å². The van der Waals surface area contributed by atoms with E-state index in [0.717, 1.165) is 16.9 Å². The van der Waals surface area contributed by atoms with Gasteiger partial charge in [-0.3, -0.25) is 9.48 Å². The van der Waals surface area contributed by atoms with E-state index in [9.17, 15) is 4.79 Å². The molecule has 0 radical (unpaired) electrons. The van der Waals surface area contributed by atoms with E-state index in [4.69, 9.17) is 0 Å². The summed E-state index contributed by atoms with van der Waals surface area (Å²) in [6.45, 7) is 5.83. The van der Waals surface area contributed by atoms with Crippen LogP contribution in [0.2, 0.25) is 0 Å². The molecule has 1 heterocycles. The largest absolute Gasteiger partial charge is 0.378 e. The molecule has 1 atom stereocenters. The Bertz CT molecular complexity index is 618. The van der Waals surface area contributed by atoms with Crippen molar-refractivity contribution in [3.8, 4) is 0 Å². The van der Waals surface area contributed by atoms with Gasteiger partial charge in [-0.1, -0.05) is 19.9 Å². The highest BCUT2D eigenvalue weighted by Crippen LogP contribution is 2.21. The quantitative estimate of drug-likeness (QED) is 0.887. The standard InChI is InChI=1S/C16H22N4O/c1-11(2)16(21)19-15-7-5-6-14(8-15)18-12(3)13-9-17-20(4)10-13/h5-12,18H,1-4H3,(H,19,21). The van der Waals surface area contributed by atoms with Gasteiger partial charge in [0.2, 0.25) is 5.91 Å². The Morgan fingerprint density at radius 1 is 1.24 bits per heavy atom. The highest BCUT2D eigenvalue weighted by molar-refractivity contribution is 5.92. The lowest BCUT2D eigenvalue weighted by molar-refractivity contribution is -0.118. The van der Waals surface area contributed by atoms with Crippen LogP contribution in [0.25, 0.3) is 0 Å². The number of benzene rings is 1. The maximum absolute atomic E-state index is 11.7. The fourth-order valence-corrected chi connectivity index (χ4v) is 1.97. The second-order valence-electron chi connectivity index (χ2n) is 5.54. The zero-order valence-corrected chi connectivity index (χ0v) is 12.9. The number of carbonyl (C=O) groups is 1. The highest BCUT2D eigenvalue weighted by atomic mass is 16.1. The zero-order valence-electron chi connectivity index (χ0n) is 12.9. The van der Waals surface area contributed by atoms with Gasteiger partial charge in [-0.05, 0) is 25.1 Å². The molecule has 112 valence electrons. The Kier molecular flexibility index (Phi) is 4.62. The summed E-state index contributed by atoms with van der Waals surface area (Å²) < 4.78 is 1.78. The molecule has 21 heavy (non-hydrogen) atoms. The van der Waals surface area contributed by atoms with E-state index in [1.165, 1.54) is 0 Å². The second-order valence-corrected chi connectivity index (χ2v) is 5.54. The minimum absolute atomic E-state index is 0.0208. The first-order chi connectivity index (χ1) is 9.95. The summed E-state index contributed by atoms with van der Waals surface area (Å²) in [6, 6.07) is 7.88. The van der Waals surface area contributed by atoms with Crippen molar-refractivity contribution in [1.82, 2.24) is 9.78 Å². The smallest absolute Gasteiger partial charge is 0.226 e. The summed E-state index contributed by atoms with van der Waals surface area (Å²) in [5.41, 5.74) is 2.89. The van der Waals surface area contributed by atoms with Crippen LogP contribution in [0.3, 0.4) is 0 Å². The summed E-state index contributed by atoms with van der Waals surface area (Å²) in [7, 11) is 1.90. The molecular weight excluding hydrogens is 264 g/mol. The number of aromatic nitrogens is 2. The molecule has 0 spiro atoms. The molecule has 1 aromatic carbocycles. The lowest BCUT2D eigenvalue weighted by Crippen LogP contribution is -2.17. The normalized spacial score (nSPS) is 12.2. The van der Waals surface area contributed by atoms with Gasteiger partial charge in [-0.25, -0.2) is 0 Å². The number of aryl methyl sites for hydroxylation is 1. The second kappa shape index (κ2) is 6.43. The van der Waals surface area contributed by atoms with Crippen LogP contribution >= 0.6 is 0 Å². The number of nitrogens with zero attached hydrogens (tertiary/aromatic N) is 2. The number of anilines is 2. The van der Waals surface area contributed by atoms with Crippen LogP contribution in [0.15, 0.2) is 36.7 Å². The SMILES string of the molecule is CC(C)C(=O)Nc1cccc(NC(C)c2cnn(C)c2)c1. The molecule has 2 aromatic rings. The molecule has 2 rings (SSSR count). The van der Waals surface area contributed by atoms with E-state index in [1.807, 2.05) is 57.6 Å². The number of hydrogen-bond acceptors (Lipinski definition) is 3. The highest BCUT2D eigenvalue weighted by Gasteiger charge is 2.09. The minimum Gasteiger partial charge on any atom is -0.378 e. The van der Waals surface area contributed by atoms with Gasteiger partial charge in [0.1, 0.15) is 0 Å². The number of nitrogens with one attached hydrogen (secondary N) is 2. The molecule has 0 saturated heterocycles. The maximum atomic E-state index is 11.7. The Hall–Kier alpha value is -2.30. The van der Waals surface area contributed by atoms with Gasteiger partial charge in [0.25, 0.3) is 0 Å². The molecule has 0 aliphatic carbocycles. The van der Waals surface area contributed by atoms with Gasteiger partial charge in [-0.2, -0.15) is 5.10 Å². The minimum atomic E-state index is -0.0315. The Morgan fingerprint density at radius 2 is 1.95 bits per heavy atom. The predicted octanol–water partition coefficient (Wildman–Crippen LogP) is 3.19. The van der Waals surface area contributed by atoms with Gasteiger partial charge >= 0.3 is 0 Å². The average molecular weight is 286 g/mol. The number of hydrogen-bond donors (Lipinski definition) is 2. The van der Waals surface area contributed by atoms with Crippen molar-refractivity contribution in [3.63, 3.8) is 0 Å². The molecule has 5 nitrogen and oxygen atoms in total. The Morgan fingerprint density at radius 3 is 2.57 bits per heavy atom. The monoisotopic (exact) mass is 286 g/mol. The molecule has 0 fully saturated rings. The van der Waals surface area contributed by atoms with Gasteiger partial charge in [0, 0.05) is 36.1 Å². The van der Waals surface area contributed by atoms with Crippen LogP contribution in [0, 0.1) is 5.92 Å². The Balaban J connectivity index is 2.05. The van der Waals surface area contributed by atoms with E-state index in [0.29, 0.717) is 0 Å². The van der Waals surface area contributed by atoms with Crippen LogP contribution in [-0.2, 0) is 11.8 Å². The summed E-state index contributed by atoms with van der Waals surface area (Å²) in [4.78, 5) is 11.7. The van der Waals surface area contributed by atoms with Crippen molar-refractivity contribution in [2.24, 2.45) is 13.0 Å². The lowest BCUT2D eigenvalue weighted by atomic mass is 10.1. The van der Waals surface area contributed by atoms with E-state index >= 15 is 0 Å². The van der Waals surface area contributed by atoms with Crippen LogP contribution in [0.5, 0.6) is 0 Å². The van der Waals surface area contributed by atoms with Crippen molar-refractivity contribution < 1.29 is 4.79 Å². The van der Waals surface area contributed by atoms with Gasteiger partial charge in [0.05, 0.1) is 12.2 Å². The van der Waals surface area contributed by atoms with Crippen molar-refractivity contribution >= 4 is 17.3 Å². The molecule has 1 amide bonds. The summed E-state index contributed by atoms with van der Waals surface area (Å²) in [5, 5.41) is 10.5. The van der Waals surface area contributed by atoms with Crippen LogP contribution in [-0.4, -0.2) is 15.7 Å². The summed E-state index contributed by atoms with van der Waals surface area (Å²) in [6.07, 6.45) is 3.84. The van der Waals surface area contributed by atoms with Gasteiger partial charge in [0.15, 0.2) is 0 Å². The van der Waals surface area contributed by atoms with E-state index in [1.54, 1.807) is 4.68 Å². The van der Waals surface area contributed by atoms with E-state index in [2.05, 4.69) is 22.7 Å². The maximum Gasteiger partial charge on any atom is 0.226 e. The molecule has 0 saturated carbocycles.